The quantitative estimate of drug-likeness (QED) is 0.216. The molecule has 0 rings (SSSR count). The van der Waals surface area contributed by atoms with Crippen LogP contribution in [0.5, 0.6) is 0 Å². The van der Waals surface area contributed by atoms with Crippen LogP contribution in [0, 0.1) is 0 Å². The first-order valence-corrected chi connectivity index (χ1v) is 11.6. The van der Waals surface area contributed by atoms with Crippen molar-refractivity contribution in [3.8, 4) is 0 Å². The molecule has 0 aromatic rings. The zero-order valence-electron chi connectivity index (χ0n) is 15.5. The molecule has 0 amide bonds. The van der Waals surface area contributed by atoms with Crippen molar-refractivity contribution in [2.45, 2.75) is 78.7 Å². The molecule has 4 nitrogen and oxygen atoms in total. The monoisotopic (exact) mass is 364 g/mol. The van der Waals surface area contributed by atoms with Gasteiger partial charge in [0.1, 0.15) is 0 Å². The highest BCUT2D eigenvalue weighted by Gasteiger charge is 2.39. The van der Waals surface area contributed by atoms with Gasteiger partial charge in [-0.3, -0.25) is 0 Å². The van der Waals surface area contributed by atoms with Crippen LogP contribution in [0.4, 0.5) is 0 Å². The van der Waals surface area contributed by atoms with Crippen molar-refractivity contribution < 1.29 is 18.0 Å². The van der Waals surface area contributed by atoms with Crippen LogP contribution < -0.4 is 0 Å². The molecule has 0 saturated heterocycles. The maximum absolute atomic E-state index is 5.83. The summed E-state index contributed by atoms with van der Waals surface area (Å²) in [5, 5.41) is 0.734. The Hall–Kier alpha value is -0.0131. The van der Waals surface area contributed by atoms with Gasteiger partial charge in [-0.1, -0.05) is 32.6 Å². The third kappa shape index (κ3) is 12.1. The highest BCUT2D eigenvalue weighted by Crippen LogP contribution is 2.18. The molecular formula is C17H36O4SSi. The van der Waals surface area contributed by atoms with E-state index in [4.69, 9.17) is 30.2 Å². The molecule has 0 aliphatic rings. The highest BCUT2D eigenvalue weighted by molar-refractivity contribution is 7.80. The van der Waals surface area contributed by atoms with Crippen LogP contribution in [0.1, 0.15) is 72.6 Å². The Morgan fingerprint density at radius 2 is 1.35 bits per heavy atom. The molecule has 0 radical (unpaired) electrons. The molecule has 0 bridgehead atoms. The Bertz CT molecular complexity index is 273. The van der Waals surface area contributed by atoms with Gasteiger partial charge in [-0.2, -0.15) is 0 Å². The summed E-state index contributed by atoms with van der Waals surface area (Å²) >= 11 is 5.29. The van der Waals surface area contributed by atoms with Crippen molar-refractivity contribution in [1.29, 1.82) is 0 Å². The zero-order chi connectivity index (χ0) is 17.4. The lowest BCUT2D eigenvalue weighted by atomic mass is 10.1. The SMILES string of the molecule is CCCCCCCC(=S)OCCC[Si](OCC)(OCC)OCC. The Morgan fingerprint density at radius 1 is 0.783 bits per heavy atom. The van der Waals surface area contributed by atoms with Crippen molar-refractivity contribution in [2.24, 2.45) is 0 Å². The van der Waals surface area contributed by atoms with Crippen molar-refractivity contribution in [2.75, 3.05) is 26.4 Å². The molecule has 6 heteroatoms. The minimum atomic E-state index is -2.53. The van der Waals surface area contributed by atoms with Crippen LogP contribution in [0.15, 0.2) is 0 Å². The Kier molecular flexibility index (Phi) is 15.5. The molecule has 0 unspecified atom stereocenters. The van der Waals surface area contributed by atoms with Crippen LogP contribution in [0.25, 0.3) is 0 Å². The summed E-state index contributed by atoms with van der Waals surface area (Å²) in [4.78, 5) is 0. The van der Waals surface area contributed by atoms with Gasteiger partial charge >= 0.3 is 8.80 Å². The van der Waals surface area contributed by atoms with E-state index >= 15 is 0 Å². The van der Waals surface area contributed by atoms with E-state index in [0.717, 1.165) is 30.4 Å². The number of ether oxygens (including phenoxy) is 1. The van der Waals surface area contributed by atoms with Gasteiger partial charge < -0.3 is 18.0 Å². The summed E-state index contributed by atoms with van der Waals surface area (Å²) in [6.07, 6.45) is 8.00. The van der Waals surface area contributed by atoms with Gasteiger partial charge in [-0.25, -0.2) is 0 Å². The maximum atomic E-state index is 5.83. The van der Waals surface area contributed by atoms with E-state index in [2.05, 4.69) is 6.92 Å². The van der Waals surface area contributed by atoms with Crippen LogP contribution in [0.3, 0.4) is 0 Å². The fourth-order valence-corrected chi connectivity index (χ4v) is 5.23. The molecular weight excluding hydrogens is 328 g/mol. The predicted octanol–water partition coefficient (Wildman–Crippen LogP) is 5.13. The number of rotatable bonds is 16. The van der Waals surface area contributed by atoms with Crippen molar-refractivity contribution >= 4 is 26.1 Å². The second-order valence-electron chi connectivity index (χ2n) is 5.47. The summed E-state index contributed by atoms with van der Waals surface area (Å²) < 4.78 is 23.1. The van der Waals surface area contributed by atoms with E-state index in [1.54, 1.807) is 0 Å². The van der Waals surface area contributed by atoms with Gasteiger partial charge in [0.05, 0.1) is 6.61 Å². The van der Waals surface area contributed by atoms with E-state index < -0.39 is 8.80 Å². The van der Waals surface area contributed by atoms with Crippen molar-refractivity contribution in [3.63, 3.8) is 0 Å². The zero-order valence-corrected chi connectivity index (χ0v) is 17.3. The molecule has 0 aromatic heterocycles. The second kappa shape index (κ2) is 15.5. The van der Waals surface area contributed by atoms with E-state index in [1.165, 1.54) is 25.7 Å². The summed E-state index contributed by atoms with van der Waals surface area (Å²) in [7, 11) is -2.53. The van der Waals surface area contributed by atoms with Gasteiger partial charge in [-0.05, 0) is 45.8 Å². The van der Waals surface area contributed by atoms with Crippen LogP contribution in [-0.4, -0.2) is 40.3 Å². The molecule has 0 heterocycles. The van der Waals surface area contributed by atoms with Crippen molar-refractivity contribution in [1.82, 2.24) is 0 Å². The Morgan fingerprint density at radius 3 is 1.87 bits per heavy atom. The minimum Gasteiger partial charge on any atom is -0.487 e. The number of unbranched alkanes of at least 4 members (excludes halogenated alkanes) is 4. The molecule has 0 N–H and O–H groups in total. The number of thiocarbonyl (C=S) groups is 1. The molecule has 0 saturated carbocycles. The first kappa shape index (κ1) is 23.0. The molecule has 0 aliphatic heterocycles. The fraction of sp³-hybridized carbons (Fsp3) is 0.941. The van der Waals surface area contributed by atoms with Crippen LogP contribution in [-0.2, 0) is 18.0 Å². The lowest BCUT2D eigenvalue weighted by Crippen LogP contribution is -2.46. The third-order valence-electron chi connectivity index (χ3n) is 3.47. The van der Waals surface area contributed by atoms with Gasteiger partial charge in [0, 0.05) is 32.3 Å². The summed E-state index contributed by atoms with van der Waals surface area (Å²) in [6, 6.07) is 0.779. The first-order valence-electron chi connectivity index (χ1n) is 9.21. The normalized spacial score (nSPS) is 11.7. The Balaban J connectivity index is 3.93. The van der Waals surface area contributed by atoms with Gasteiger partial charge in [0.25, 0.3) is 0 Å². The maximum Gasteiger partial charge on any atom is 0.501 e. The molecule has 0 aromatic carbocycles. The standard InChI is InChI=1S/C17H36O4SSi/c1-5-9-10-11-12-14-17(22)18-15-13-16-23(19-6-2,20-7-3)21-8-4/h5-16H2,1-4H3. The van der Waals surface area contributed by atoms with E-state index in [1.807, 2.05) is 20.8 Å². The molecule has 0 aliphatic carbocycles. The average molecular weight is 365 g/mol. The van der Waals surface area contributed by atoms with Crippen LogP contribution in [0.2, 0.25) is 6.04 Å². The summed E-state index contributed by atoms with van der Waals surface area (Å²) in [5.41, 5.74) is 0. The van der Waals surface area contributed by atoms with Crippen molar-refractivity contribution in [3.05, 3.63) is 0 Å². The van der Waals surface area contributed by atoms with Gasteiger partial charge in [0.15, 0.2) is 5.05 Å². The number of hydrogen-bond donors (Lipinski definition) is 0. The molecule has 0 fully saturated rings. The topological polar surface area (TPSA) is 36.9 Å². The lowest BCUT2D eigenvalue weighted by molar-refractivity contribution is 0.0695. The molecule has 0 atom stereocenters. The smallest absolute Gasteiger partial charge is 0.487 e. The largest absolute Gasteiger partial charge is 0.501 e. The lowest BCUT2D eigenvalue weighted by Gasteiger charge is -2.28. The minimum absolute atomic E-state index is 0.614. The summed E-state index contributed by atoms with van der Waals surface area (Å²) in [5.74, 6) is 0. The highest BCUT2D eigenvalue weighted by atomic mass is 32.1. The average Bonchev–Trinajstić information content (AvgIpc) is 2.52. The fourth-order valence-electron chi connectivity index (χ4n) is 2.42. The predicted molar refractivity (Wildman–Crippen MR) is 102 cm³/mol. The van der Waals surface area contributed by atoms with Gasteiger partial charge in [0.2, 0.25) is 0 Å². The second-order valence-corrected chi connectivity index (χ2v) is 8.66. The third-order valence-corrected chi connectivity index (χ3v) is 6.94. The number of hydrogen-bond acceptors (Lipinski definition) is 5. The molecule has 0 spiro atoms. The van der Waals surface area contributed by atoms with E-state index in [0.29, 0.717) is 26.4 Å². The molecule has 138 valence electrons. The van der Waals surface area contributed by atoms with E-state index in [9.17, 15) is 0 Å². The van der Waals surface area contributed by atoms with Crippen LogP contribution >= 0.6 is 12.2 Å². The Labute approximate surface area is 149 Å². The van der Waals surface area contributed by atoms with Gasteiger partial charge in [-0.15, -0.1) is 0 Å². The first-order chi connectivity index (χ1) is 11.1. The summed E-state index contributed by atoms with van der Waals surface area (Å²) in [6.45, 7) is 10.6. The van der Waals surface area contributed by atoms with E-state index in [-0.39, 0.29) is 0 Å². The molecule has 23 heavy (non-hydrogen) atoms.